The van der Waals surface area contributed by atoms with Crippen LogP contribution >= 0.6 is 0 Å². The third-order valence-corrected chi connectivity index (χ3v) is 11.7. The van der Waals surface area contributed by atoms with Crippen molar-refractivity contribution in [3.05, 3.63) is 59.2 Å². The van der Waals surface area contributed by atoms with Crippen LogP contribution in [0.2, 0.25) is 0 Å². The smallest absolute Gasteiger partial charge is 0.192 e. The summed E-state index contributed by atoms with van der Waals surface area (Å²) >= 11 is 0. The van der Waals surface area contributed by atoms with Crippen LogP contribution in [0.3, 0.4) is 0 Å². The second-order valence-corrected chi connectivity index (χ2v) is 13.8. The number of alkyl halides is 2. The minimum absolute atomic E-state index is 0.0688. The van der Waals surface area contributed by atoms with Crippen LogP contribution in [-0.4, -0.2) is 63.5 Å². The highest BCUT2D eigenvalue weighted by atomic mass is 19.1. The summed E-state index contributed by atoms with van der Waals surface area (Å²) < 4.78 is 33.8. The molecule has 4 aliphatic carbocycles. The molecule has 3 saturated carbocycles. The predicted molar refractivity (Wildman–Crippen MR) is 149 cm³/mol. The van der Waals surface area contributed by atoms with Gasteiger partial charge in [0.15, 0.2) is 22.8 Å². The van der Waals surface area contributed by atoms with Crippen LogP contribution in [0.25, 0.3) is 0 Å². The van der Waals surface area contributed by atoms with Crippen LogP contribution in [-0.2, 0) is 27.4 Å². The molecule has 6 rings (SSSR count). The number of rotatable bonds is 6. The summed E-state index contributed by atoms with van der Waals surface area (Å²) in [6, 6.07) is 8.28. The van der Waals surface area contributed by atoms with E-state index < -0.39 is 58.1 Å². The van der Waals surface area contributed by atoms with Crippen molar-refractivity contribution in [3.63, 3.8) is 0 Å². The summed E-state index contributed by atoms with van der Waals surface area (Å²) in [6.07, 6.45) is 2.88. The number of aliphatic hydroxyl groups is 2. The number of halogens is 2. The molecule has 222 valence electrons. The number of carbonyl (C=O) groups is 2. The van der Waals surface area contributed by atoms with Gasteiger partial charge in [0.05, 0.1) is 6.10 Å². The fraction of sp³-hybridized carbons (Fsp3) is 0.636. The summed E-state index contributed by atoms with van der Waals surface area (Å²) in [4.78, 5) is 32.5. The molecule has 1 heterocycles. The number of fused-ring (bicyclic) bond motifs is 7. The number of hydrogen-bond donors (Lipinski definition) is 2. The molecule has 6 nitrogen and oxygen atoms in total. The van der Waals surface area contributed by atoms with Crippen LogP contribution in [0.5, 0.6) is 0 Å². The Morgan fingerprint density at radius 2 is 1.80 bits per heavy atom. The number of aliphatic hydroxyl groups excluding tert-OH is 2. The lowest BCUT2D eigenvalue weighted by Gasteiger charge is -2.68. The maximum atomic E-state index is 17.9. The van der Waals surface area contributed by atoms with E-state index in [1.807, 2.05) is 19.1 Å². The first-order valence-electron chi connectivity index (χ1n) is 14.9. The molecule has 0 aromatic heterocycles. The number of hydrogen-bond acceptors (Lipinski definition) is 6. The average Bonchev–Trinajstić information content (AvgIpc) is 3.41. The first-order valence-corrected chi connectivity index (χ1v) is 14.9. The molecular formula is C33H41F2NO5. The zero-order valence-electron chi connectivity index (χ0n) is 24.3. The maximum Gasteiger partial charge on any atom is 0.192 e. The number of allylic oxidation sites excluding steroid dienone is 4. The fourth-order valence-corrected chi connectivity index (χ4v) is 10.0. The first kappa shape index (κ1) is 28.8. The Balaban J connectivity index is 1.38. The van der Waals surface area contributed by atoms with Gasteiger partial charge in [0.2, 0.25) is 0 Å². The van der Waals surface area contributed by atoms with Crippen LogP contribution < -0.4 is 0 Å². The second kappa shape index (κ2) is 9.37. The van der Waals surface area contributed by atoms with E-state index in [9.17, 15) is 19.8 Å². The summed E-state index contributed by atoms with van der Waals surface area (Å²) in [5, 5.41) is 23.7. The van der Waals surface area contributed by atoms with E-state index in [2.05, 4.69) is 19.1 Å². The number of hydroxylamine groups is 2. The number of aryl methyl sites for hydroxylation is 1. The Labute approximate surface area is 240 Å². The minimum Gasteiger partial charge on any atom is -0.390 e. The van der Waals surface area contributed by atoms with Gasteiger partial charge in [-0.05, 0) is 67.4 Å². The Kier molecular flexibility index (Phi) is 6.59. The highest BCUT2D eigenvalue weighted by Crippen LogP contribution is 2.77. The summed E-state index contributed by atoms with van der Waals surface area (Å²) in [7, 11) is 0. The zero-order chi connectivity index (χ0) is 29.6. The number of carbonyl (C=O) groups excluding carboxylic acids is 2. The van der Waals surface area contributed by atoms with E-state index in [0.29, 0.717) is 19.5 Å². The van der Waals surface area contributed by atoms with E-state index in [1.165, 1.54) is 23.8 Å². The molecular weight excluding hydrogens is 528 g/mol. The van der Waals surface area contributed by atoms with Crippen molar-refractivity contribution in [2.45, 2.75) is 89.9 Å². The summed E-state index contributed by atoms with van der Waals surface area (Å²) in [5.74, 6) is -1.76. The van der Waals surface area contributed by atoms with E-state index in [0.717, 1.165) is 18.4 Å². The fourth-order valence-electron chi connectivity index (χ4n) is 10.0. The van der Waals surface area contributed by atoms with Gasteiger partial charge in [0, 0.05) is 35.3 Å². The van der Waals surface area contributed by atoms with Gasteiger partial charge in [-0.25, -0.2) is 8.78 Å². The quantitative estimate of drug-likeness (QED) is 0.520. The summed E-state index contributed by atoms with van der Waals surface area (Å²) in [5.41, 5.74) is -5.36. The molecule has 41 heavy (non-hydrogen) atoms. The van der Waals surface area contributed by atoms with Gasteiger partial charge in [-0.1, -0.05) is 57.5 Å². The monoisotopic (exact) mass is 569 g/mol. The molecule has 0 unspecified atom stereocenters. The van der Waals surface area contributed by atoms with Crippen molar-refractivity contribution in [1.29, 1.82) is 0 Å². The lowest BCUT2D eigenvalue weighted by Crippen LogP contribution is -2.74. The van der Waals surface area contributed by atoms with Crippen molar-refractivity contribution < 1.29 is 33.4 Å². The molecule has 2 N–H and O–H groups in total. The predicted octanol–water partition coefficient (Wildman–Crippen LogP) is 4.62. The third-order valence-electron chi connectivity index (χ3n) is 11.7. The van der Waals surface area contributed by atoms with Crippen LogP contribution in [0.4, 0.5) is 8.78 Å². The average molecular weight is 570 g/mol. The number of nitrogens with zero attached hydrogens (tertiary/aromatic N) is 1. The second-order valence-electron chi connectivity index (χ2n) is 13.8. The van der Waals surface area contributed by atoms with Crippen LogP contribution in [0.15, 0.2) is 48.1 Å². The molecule has 0 amide bonds. The Hall–Kier alpha value is -2.26. The minimum atomic E-state index is -2.28. The maximum absolute atomic E-state index is 17.9. The van der Waals surface area contributed by atoms with Crippen molar-refractivity contribution in [2.24, 2.45) is 28.1 Å². The molecule has 0 radical (unpaired) electrons. The van der Waals surface area contributed by atoms with E-state index in [-0.39, 0.29) is 30.1 Å². The van der Waals surface area contributed by atoms with E-state index >= 15 is 8.78 Å². The number of benzene rings is 1. The Bertz CT molecular complexity index is 1330. The van der Waals surface area contributed by atoms with Crippen molar-refractivity contribution in [1.82, 2.24) is 5.06 Å². The SMILES string of the molecule is CCCc1ccc(CN2C[C@@H]3C[C@H]4[C@]5(C)C[C@H](F)C6=CC(=O)C=C[C@]6(C)[C@@]5(F)[C@@H](O)C[C@]4(C)[C@]3(C(=O)CO)O2)cc1. The zero-order valence-corrected chi connectivity index (χ0v) is 24.3. The molecule has 8 heteroatoms. The molecule has 9 atom stereocenters. The van der Waals surface area contributed by atoms with Gasteiger partial charge < -0.3 is 10.2 Å². The molecule has 0 bridgehead atoms. The molecule has 4 fully saturated rings. The highest BCUT2D eigenvalue weighted by molar-refractivity contribution is 6.01. The van der Waals surface area contributed by atoms with Gasteiger partial charge in [-0.15, -0.1) is 0 Å². The lowest BCUT2D eigenvalue weighted by molar-refractivity contribution is -0.290. The van der Waals surface area contributed by atoms with Crippen molar-refractivity contribution in [3.8, 4) is 0 Å². The number of ketones is 2. The number of Topliss-reactive ketones (excluding diaryl/α,β-unsaturated/α-hetero) is 1. The Morgan fingerprint density at radius 1 is 1.12 bits per heavy atom. The normalized spacial score (nSPS) is 45.1. The lowest BCUT2D eigenvalue weighted by atomic mass is 9.38. The van der Waals surface area contributed by atoms with Crippen LogP contribution in [0.1, 0.15) is 64.5 Å². The van der Waals surface area contributed by atoms with Gasteiger partial charge in [-0.3, -0.25) is 14.4 Å². The standard InChI is InChI=1S/C33H41F2NO5/c1-5-6-20-7-9-21(10-8-20)17-36-18-22-13-26-30(3,32(22,41-36)28(40)19-37)16-27(39)33(35)29(2)12-11-23(38)14-24(29)25(34)15-31(26,33)4/h7-12,14,22,25-27,37,39H,5-6,13,15-19H2,1-4H3/t22-,25-,26+,27-,29-,30-,31-,32-,33-/m0/s1. The molecule has 1 saturated heterocycles. The van der Waals surface area contributed by atoms with Crippen LogP contribution in [0, 0.1) is 28.1 Å². The van der Waals surface area contributed by atoms with Gasteiger partial charge in [0.25, 0.3) is 0 Å². The Morgan fingerprint density at radius 3 is 2.46 bits per heavy atom. The van der Waals surface area contributed by atoms with E-state index in [4.69, 9.17) is 4.84 Å². The molecule has 5 aliphatic rings. The largest absolute Gasteiger partial charge is 0.390 e. The van der Waals surface area contributed by atoms with E-state index in [1.54, 1.807) is 18.9 Å². The molecule has 0 spiro atoms. The third kappa shape index (κ3) is 3.54. The van der Waals surface area contributed by atoms with Gasteiger partial charge in [-0.2, -0.15) is 5.06 Å². The van der Waals surface area contributed by atoms with Crippen molar-refractivity contribution in [2.75, 3.05) is 13.2 Å². The molecule has 1 aromatic rings. The van der Waals surface area contributed by atoms with Gasteiger partial charge in [0.1, 0.15) is 12.8 Å². The highest BCUT2D eigenvalue weighted by Gasteiger charge is 2.82. The molecule has 1 aromatic carbocycles. The molecule has 1 aliphatic heterocycles. The first-order chi connectivity index (χ1) is 19.3. The topological polar surface area (TPSA) is 87.1 Å². The van der Waals surface area contributed by atoms with Crippen molar-refractivity contribution >= 4 is 11.6 Å². The summed E-state index contributed by atoms with van der Waals surface area (Å²) in [6.45, 7) is 7.35. The van der Waals surface area contributed by atoms with Gasteiger partial charge >= 0.3 is 0 Å².